The fraction of sp³-hybridized carbons (Fsp3) is 0.500. The van der Waals surface area contributed by atoms with Gasteiger partial charge in [-0.25, -0.2) is 4.98 Å². The number of piperidine rings is 1. The number of aromatic nitrogens is 2. The summed E-state index contributed by atoms with van der Waals surface area (Å²) in [6, 6.07) is 4.15. The Kier molecular flexibility index (Phi) is 4.44. The van der Waals surface area contributed by atoms with E-state index in [4.69, 9.17) is 9.47 Å². The molecule has 1 aromatic carbocycles. The summed E-state index contributed by atoms with van der Waals surface area (Å²) in [5, 5.41) is 0. The maximum absolute atomic E-state index is 12.1. The number of rotatable bonds is 3. The lowest BCUT2D eigenvalue weighted by molar-refractivity contribution is 0.173. The van der Waals surface area contributed by atoms with Gasteiger partial charge in [0.2, 0.25) is 6.79 Å². The van der Waals surface area contributed by atoms with E-state index in [1.54, 1.807) is 0 Å². The molecule has 2 aromatic rings. The molecule has 0 radical (unpaired) electrons. The molecule has 0 saturated carbocycles. The van der Waals surface area contributed by atoms with E-state index in [9.17, 15) is 4.79 Å². The third-order valence-electron chi connectivity index (χ3n) is 5.53. The highest BCUT2D eigenvalue weighted by Crippen LogP contribution is 2.35. The third-order valence-corrected chi connectivity index (χ3v) is 5.53. The number of likely N-dealkylation sites (tertiary alicyclic amines) is 1. The average molecular weight is 355 g/mol. The molecule has 0 spiro atoms. The molecule has 3 heterocycles. The van der Waals surface area contributed by atoms with Gasteiger partial charge < -0.3 is 14.5 Å². The predicted octanol–water partition coefficient (Wildman–Crippen LogP) is 2.80. The Labute approximate surface area is 153 Å². The number of hydrogen-bond donors (Lipinski definition) is 1. The molecule has 2 aliphatic heterocycles. The van der Waals surface area contributed by atoms with Crippen molar-refractivity contribution in [1.29, 1.82) is 0 Å². The van der Waals surface area contributed by atoms with Crippen LogP contribution in [0.1, 0.15) is 47.0 Å². The SMILES string of the molecule is Cc1cc2c(cc1CN1CCC[C@H](c3nc(C)c(C)c(=O)[nH]3)C1)OCO2. The molecule has 1 aromatic heterocycles. The zero-order valence-electron chi connectivity index (χ0n) is 15.6. The first-order valence-corrected chi connectivity index (χ1v) is 9.20. The minimum atomic E-state index is -0.0174. The van der Waals surface area contributed by atoms with Crippen molar-refractivity contribution < 1.29 is 9.47 Å². The number of ether oxygens (including phenoxy) is 2. The van der Waals surface area contributed by atoms with E-state index in [1.807, 2.05) is 13.8 Å². The second kappa shape index (κ2) is 6.76. The number of nitrogens with zero attached hydrogens (tertiary/aromatic N) is 2. The molecule has 1 N–H and O–H groups in total. The summed E-state index contributed by atoms with van der Waals surface area (Å²) in [4.78, 5) is 22.2. The normalized spacial score (nSPS) is 19.7. The van der Waals surface area contributed by atoms with Gasteiger partial charge in [0.05, 0.1) is 0 Å². The summed E-state index contributed by atoms with van der Waals surface area (Å²) < 4.78 is 11.0. The van der Waals surface area contributed by atoms with Gasteiger partial charge in [-0.05, 0) is 63.4 Å². The van der Waals surface area contributed by atoms with Crippen molar-refractivity contribution in [2.45, 2.75) is 46.1 Å². The van der Waals surface area contributed by atoms with Crippen molar-refractivity contribution in [3.63, 3.8) is 0 Å². The van der Waals surface area contributed by atoms with Crippen molar-refractivity contribution in [2.24, 2.45) is 0 Å². The Morgan fingerprint density at radius 2 is 2.00 bits per heavy atom. The quantitative estimate of drug-likeness (QED) is 0.917. The van der Waals surface area contributed by atoms with Gasteiger partial charge in [-0.1, -0.05) is 0 Å². The zero-order valence-corrected chi connectivity index (χ0v) is 15.6. The first-order valence-electron chi connectivity index (χ1n) is 9.20. The van der Waals surface area contributed by atoms with Gasteiger partial charge >= 0.3 is 0 Å². The van der Waals surface area contributed by atoms with E-state index in [0.717, 1.165) is 55.5 Å². The highest BCUT2D eigenvalue weighted by Gasteiger charge is 2.25. The molecule has 4 rings (SSSR count). The van der Waals surface area contributed by atoms with Crippen LogP contribution in [0.4, 0.5) is 0 Å². The Hall–Kier alpha value is -2.34. The number of benzene rings is 1. The molecule has 1 saturated heterocycles. The Balaban J connectivity index is 1.52. The second-order valence-electron chi connectivity index (χ2n) is 7.37. The number of fused-ring (bicyclic) bond motifs is 1. The second-order valence-corrected chi connectivity index (χ2v) is 7.37. The van der Waals surface area contributed by atoms with Crippen LogP contribution in [-0.2, 0) is 6.54 Å². The van der Waals surface area contributed by atoms with Crippen molar-refractivity contribution in [3.8, 4) is 11.5 Å². The molecular weight excluding hydrogens is 330 g/mol. The first kappa shape index (κ1) is 17.1. The standard InChI is InChI=1S/C20H25N3O3/c1-12-7-17-18(26-11-25-17)8-16(12)10-23-6-4-5-15(9-23)19-21-14(3)13(2)20(24)22-19/h7-8,15H,4-6,9-11H2,1-3H3,(H,21,22,24)/t15-/m0/s1. The van der Waals surface area contributed by atoms with Crippen LogP contribution in [0.2, 0.25) is 0 Å². The van der Waals surface area contributed by atoms with Crippen LogP contribution in [-0.4, -0.2) is 34.8 Å². The van der Waals surface area contributed by atoms with Crippen LogP contribution in [0.5, 0.6) is 11.5 Å². The Morgan fingerprint density at radius 1 is 1.23 bits per heavy atom. The minimum Gasteiger partial charge on any atom is -0.454 e. The van der Waals surface area contributed by atoms with Gasteiger partial charge in [-0.2, -0.15) is 0 Å². The minimum absolute atomic E-state index is 0.0174. The molecule has 138 valence electrons. The predicted molar refractivity (Wildman–Crippen MR) is 98.9 cm³/mol. The van der Waals surface area contributed by atoms with E-state index in [-0.39, 0.29) is 11.5 Å². The van der Waals surface area contributed by atoms with Crippen LogP contribution in [0, 0.1) is 20.8 Å². The molecule has 6 heteroatoms. The first-order chi connectivity index (χ1) is 12.5. The number of nitrogens with one attached hydrogen (secondary N) is 1. The van der Waals surface area contributed by atoms with Gasteiger partial charge in [0.25, 0.3) is 5.56 Å². The van der Waals surface area contributed by atoms with Gasteiger partial charge in [0.1, 0.15) is 5.82 Å². The van der Waals surface area contributed by atoms with Crippen LogP contribution < -0.4 is 15.0 Å². The highest BCUT2D eigenvalue weighted by atomic mass is 16.7. The lowest BCUT2D eigenvalue weighted by atomic mass is 9.96. The number of H-pyrrole nitrogens is 1. The molecule has 0 amide bonds. The van der Waals surface area contributed by atoms with E-state index >= 15 is 0 Å². The maximum atomic E-state index is 12.1. The van der Waals surface area contributed by atoms with E-state index < -0.39 is 0 Å². The number of aryl methyl sites for hydroxylation is 2. The smallest absolute Gasteiger partial charge is 0.254 e. The van der Waals surface area contributed by atoms with Crippen molar-refractivity contribution in [3.05, 3.63) is 50.7 Å². The maximum Gasteiger partial charge on any atom is 0.254 e. The molecule has 0 unspecified atom stereocenters. The van der Waals surface area contributed by atoms with E-state index in [1.165, 1.54) is 11.1 Å². The molecule has 0 aliphatic carbocycles. The third kappa shape index (κ3) is 3.21. The Bertz CT molecular complexity index is 891. The topological polar surface area (TPSA) is 67.5 Å². The average Bonchev–Trinajstić information content (AvgIpc) is 3.07. The zero-order chi connectivity index (χ0) is 18.3. The van der Waals surface area contributed by atoms with Crippen molar-refractivity contribution in [2.75, 3.05) is 19.9 Å². The molecular formula is C20H25N3O3. The molecule has 0 bridgehead atoms. The molecule has 1 atom stereocenters. The number of aromatic amines is 1. The highest BCUT2D eigenvalue weighted by molar-refractivity contribution is 5.48. The van der Waals surface area contributed by atoms with Crippen LogP contribution in [0.3, 0.4) is 0 Å². The monoisotopic (exact) mass is 355 g/mol. The summed E-state index contributed by atoms with van der Waals surface area (Å²) in [6.07, 6.45) is 2.16. The fourth-order valence-corrected chi connectivity index (χ4v) is 3.78. The fourth-order valence-electron chi connectivity index (χ4n) is 3.78. The van der Waals surface area contributed by atoms with Gasteiger partial charge in [0, 0.05) is 30.3 Å². The van der Waals surface area contributed by atoms with Crippen molar-refractivity contribution in [1.82, 2.24) is 14.9 Å². The lowest BCUT2D eigenvalue weighted by Gasteiger charge is -2.32. The van der Waals surface area contributed by atoms with Crippen molar-refractivity contribution >= 4 is 0 Å². The summed E-state index contributed by atoms with van der Waals surface area (Å²) in [5.41, 5.74) is 3.99. The Morgan fingerprint density at radius 3 is 2.77 bits per heavy atom. The van der Waals surface area contributed by atoms with Gasteiger partial charge in [-0.3, -0.25) is 9.69 Å². The lowest BCUT2D eigenvalue weighted by Crippen LogP contribution is -2.35. The molecule has 2 aliphatic rings. The summed E-state index contributed by atoms with van der Waals surface area (Å²) in [5.74, 6) is 2.76. The van der Waals surface area contributed by atoms with Crippen LogP contribution in [0.25, 0.3) is 0 Å². The molecule has 6 nitrogen and oxygen atoms in total. The van der Waals surface area contributed by atoms with E-state index in [2.05, 4.69) is 33.9 Å². The van der Waals surface area contributed by atoms with E-state index in [0.29, 0.717) is 12.4 Å². The van der Waals surface area contributed by atoms with Crippen LogP contribution >= 0.6 is 0 Å². The summed E-state index contributed by atoms with van der Waals surface area (Å²) in [6.45, 7) is 8.97. The number of hydrogen-bond acceptors (Lipinski definition) is 5. The largest absolute Gasteiger partial charge is 0.454 e. The molecule has 1 fully saturated rings. The summed E-state index contributed by atoms with van der Waals surface area (Å²) in [7, 11) is 0. The van der Waals surface area contributed by atoms with Gasteiger partial charge in [-0.15, -0.1) is 0 Å². The van der Waals surface area contributed by atoms with Gasteiger partial charge in [0.15, 0.2) is 11.5 Å². The molecule has 26 heavy (non-hydrogen) atoms. The van der Waals surface area contributed by atoms with Crippen LogP contribution in [0.15, 0.2) is 16.9 Å². The summed E-state index contributed by atoms with van der Waals surface area (Å²) >= 11 is 0.